The van der Waals surface area contributed by atoms with Gasteiger partial charge in [0.25, 0.3) is 0 Å². The maximum absolute atomic E-state index is 10.4. The zero-order valence-electron chi connectivity index (χ0n) is 7.07. The summed E-state index contributed by atoms with van der Waals surface area (Å²) in [6.45, 7) is 3.18. The van der Waals surface area contributed by atoms with Crippen molar-refractivity contribution in [3.63, 3.8) is 0 Å². The van der Waals surface area contributed by atoms with E-state index in [1.807, 2.05) is 0 Å². The first-order valence-corrected chi connectivity index (χ1v) is 3.58. The van der Waals surface area contributed by atoms with E-state index >= 15 is 0 Å². The molecule has 5 nitrogen and oxygen atoms in total. The third-order valence-electron chi connectivity index (χ3n) is 1.04. The predicted molar refractivity (Wildman–Crippen MR) is 40.4 cm³/mol. The Kier molecular flexibility index (Phi) is 5.79. The fraction of sp³-hybridized carbons (Fsp3) is 0.833. The Bertz CT molecular complexity index is 140. The number of methoxy groups -OCH3 is 1. The second kappa shape index (κ2) is 6.05. The fourth-order valence-electron chi connectivity index (χ4n) is 0.507. The SMILES string of the molecule is COC(C)OC(C)OC(=O)OCl. The summed E-state index contributed by atoms with van der Waals surface area (Å²) >= 11 is 4.71. The molecule has 12 heavy (non-hydrogen) atoms. The highest BCUT2D eigenvalue weighted by Crippen LogP contribution is 2.02. The molecular formula is C6H11ClO5. The zero-order valence-corrected chi connectivity index (χ0v) is 7.83. The van der Waals surface area contributed by atoms with Crippen LogP contribution < -0.4 is 0 Å². The molecule has 0 amide bonds. The first kappa shape index (κ1) is 11.5. The molecule has 0 aromatic rings. The minimum absolute atomic E-state index is 0.455. The molecule has 0 aliphatic heterocycles. The smallest absolute Gasteiger partial charge is 0.403 e. The molecule has 0 bridgehead atoms. The van der Waals surface area contributed by atoms with Gasteiger partial charge in [0, 0.05) is 7.11 Å². The highest BCUT2D eigenvalue weighted by molar-refractivity contribution is 6.12. The lowest BCUT2D eigenvalue weighted by molar-refractivity contribution is -0.206. The summed E-state index contributed by atoms with van der Waals surface area (Å²) in [5.41, 5.74) is 0. The van der Waals surface area contributed by atoms with Crippen molar-refractivity contribution in [1.82, 2.24) is 0 Å². The summed E-state index contributed by atoms with van der Waals surface area (Å²) < 4.78 is 17.9. The molecule has 72 valence electrons. The van der Waals surface area contributed by atoms with Crippen LogP contribution in [-0.4, -0.2) is 25.8 Å². The Balaban J connectivity index is 3.58. The van der Waals surface area contributed by atoms with Crippen molar-refractivity contribution in [3.8, 4) is 0 Å². The Hall–Kier alpha value is -0.520. The first-order valence-electron chi connectivity index (χ1n) is 3.27. The van der Waals surface area contributed by atoms with E-state index in [0.717, 1.165) is 0 Å². The predicted octanol–water partition coefficient (Wildman–Crippen LogP) is 1.65. The number of halogens is 1. The Morgan fingerprint density at radius 3 is 2.33 bits per heavy atom. The minimum Gasteiger partial charge on any atom is -0.403 e. The molecule has 0 rings (SSSR count). The van der Waals surface area contributed by atoms with Crippen molar-refractivity contribution in [2.45, 2.75) is 26.4 Å². The molecule has 0 fully saturated rings. The van der Waals surface area contributed by atoms with Gasteiger partial charge in [-0.3, -0.25) is 0 Å². The molecule has 0 aliphatic carbocycles. The van der Waals surface area contributed by atoms with Gasteiger partial charge < -0.3 is 18.5 Å². The van der Waals surface area contributed by atoms with Crippen LogP contribution in [0, 0.1) is 0 Å². The van der Waals surface area contributed by atoms with Crippen LogP contribution in [0.1, 0.15) is 13.8 Å². The maximum Gasteiger partial charge on any atom is 0.529 e. The van der Waals surface area contributed by atoms with Crippen molar-refractivity contribution >= 4 is 18.0 Å². The Morgan fingerprint density at radius 1 is 1.33 bits per heavy atom. The van der Waals surface area contributed by atoms with Crippen LogP contribution in [0.2, 0.25) is 0 Å². The van der Waals surface area contributed by atoms with Crippen LogP contribution in [0.25, 0.3) is 0 Å². The zero-order chi connectivity index (χ0) is 9.56. The number of ether oxygens (including phenoxy) is 3. The van der Waals surface area contributed by atoms with Gasteiger partial charge in [0.05, 0.1) is 0 Å². The molecule has 2 atom stereocenters. The Morgan fingerprint density at radius 2 is 1.92 bits per heavy atom. The van der Waals surface area contributed by atoms with Crippen LogP contribution >= 0.6 is 11.9 Å². The van der Waals surface area contributed by atoms with Gasteiger partial charge in [-0.1, -0.05) is 0 Å². The van der Waals surface area contributed by atoms with Gasteiger partial charge in [-0.25, -0.2) is 4.79 Å². The molecule has 0 spiro atoms. The average molecular weight is 199 g/mol. The number of hydrogen-bond acceptors (Lipinski definition) is 5. The normalized spacial score (nSPS) is 15.0. The van der Waals surface area contributed by atoms with E-state index in [9.17, 15) is 4.79 Å². The summed E-state index contributed by atoms with van der Waals surface area (Å²) in [4.78, 5) is 10.4. The van der Waals surface area contributed by atoms with E-state index in [1.165, 1.54) is 14.0 Å². The summed E-state index contributed by atoms with van der Waals surface area (Å²) in [5, 5.41) is 0. The van der Waals surface area contributed by atoms with Gasteiger partial charge in [0.2, 0.25) is 6.29 Å². The van der Waals surface area contributed by atoms with E-state index in [2.05, 4.69) is 9.03 Å². The maximum atomic E-state index is 10.4. The van der Waals surface area contributed by atoms with Crippen molar-refractivity contribution in [2.24, 2.45) is 0 Å². The molecule has 0 aliphatic rings. The van der Waals surface area contributed by atoms with Gasteiger partial charge in [0.1, 0.15) is 11.9 Å². The van der Waals surface area contributed by atoms with E-state index in [0.29, 0.717) is 0 Å². The lowest BCUT2D eigenvalue weighted by atomic mass is 10.7. The second-order valence-electron chi connectivity index (χ2n) is 1.95. The van der Waals surface area contributed by atoms with Gasteiger partial charge in [0.15, 0.2) is 6.29 Å². The van der Waals surface area contributed by atoms with Gasteiger partial charge in [-0.2, -0.15) is 0 Å². The third kappa shape index (κ3) is 5.17. The average Bonchev–Trinajstić information content (AvgIpc) is 2.03. The van der Waals surface area contributed by atoms with E-state index < -0.39 is 18.7 Å². The molecule has 0 N–H and O–H groups in total. The number of hydrogen-bond donors (Lipinski definition) is 0. The highest BCUT2D eigenvalue weighted by Gasteiger charge is 2.13. The largest absolute Gasteiger partial charge is 0.529 e. The topological polar surface area (TPSA) is 54.0 Å². The molecule has 0 aromatic carbocycles. The van der Waals surface area contributed by atoms with Gasteiger partial charge in [-0.15, -0.1) is 0 Å². The van der Waals surface area contributed by atoms with Crippen LogP contribution in [0.3, 0.4) is 0 Å². The van der Waals surface area contributed by atoms with Gasteiger partial charge >= 0.3 is 6.16 Å². The third-order valence-corrected chi connectivity index (χ3v) is 1.17. The van der Waals surface area contributed by atoms with Crippen molar-refractivity contribution in [1.29, 1.82) is 0 Å². The molecule has 0 aromatic heterocycles. The minimum atomic E-state index is -1.01. The van der Waals surface area contributed by atoms with Crippen LogP contribution in [0.15, 0.2) is 0 Å². The van der Waals surface area contributed by atoms with E-state index in [-0.39, 0.29) is 0 Å². The number of carbonyl (C=O) groups excluding carboxylic acids is 1. The van der Waals surface area contributed by atoms with Crippen molar-refractivity contribution < 1.29 is 23.3 Å². The molecule has 0 heterocycles. The van der Waals surface area contributed by atoms with E-state index in [4.69, 9.17) is 21.3 Å². The molecule has 0 radical (unpaired) electrons. The lowest BCUT2D eigenvalue weighted by Crippen LogP contribution is -2.23. The molecule has 0 saturated carbocycles. The van der Waals surface area contributed by atoms with Crippen LogP contribution in [-0.2, 0) is 18.5 Å². The standard InChI is InChI=1S/C6H11ClO5/c1-4(9-3)10-5(2)11-6(8)12-7/h4-5H,1-3H3. The molecular weight excluding hydrogens is 188 g/mol. The summed E-state index contributed by atoms with van der Waals surface area (Å²) in [5.74, 6) is 0. The number of rotatable bonds is 4. The van der Waals surface area contributed by atoms with E-state index in [1.54, 1.807) is 6.92 Å². The fourth-order valence-corrected chi connectivity index (χ4v) is 0.543. The lowest BCUT2D eigenvalue weighted by Gasteiger charge is -2.16. The summed E-state index contributed by atoms with van der Waals surface area (Å²) in [6, 6.07) is 0. The first-order chi connectivity index (χ1) is 5.60. The second-order valence-corrected chi connectivity index (χ2v) is 2.11. The van der Waals surface area contributed by atoms with Crippen LogP contribution in [0.4, 0.5) is 4.79 Å². The van der Waals surface area contributed by atoms with Gasteiger partial charge in [-0.05, 0) is 13.8 Å². The molecule has 0 saturated heterocycles. The van der Waals surface area contributed by atoms with Crippen LogP contribution in [0.5, 0.6) is 0 Å². The molecule has 6 heteroatoms. The monoisotopic (exact) mass is 198 g/mol. The molecule has 2 unspecified atom stereocenters. The Labute approximate surface area is 75.7 Å². The van der Waals surface area contributed by atoms with Crippen molar-refractivity contribution in [2.75, 3.05) is 7.11 Å². The van der Waals surface area contributed by atoms with Crippen molar-refractivity contribution in [3.05, 3.63) is 0 Å². The highest BCUT2D eigenvalue weighted by atomic mass is 35.5. The quantitative estimate of drug-likeness (QED) is 0.508. The number of carbonyl (C=O) groups is 1. The summed E-state index contributed by atoms with van der Waals surface area (Å²) in [6.07, 6.45) is -2.22. The summed E-state index contributed by atoms with van der Waals surface area (Å²) in [7, 11) is 1.47.